The summed E-state index contributed by atoms with van der Waals surface area (Å²) in [6, 6.07) is 20.7. The smallest absolute Gasteiger partial charge is 0.324 e. The van der Waals surface area contributed by atoms with E-state index in [0.717, 1.165) is 16.3 Å². The van der Waals surface area contributed by atoms with E-state index in [4.69, 9.17) is 4.52 Å². The van der Waals surface area contributed by atoms with Gasteiger partial charge in [0.2, 0.25) is 11.7 Å². The molecule has 0 atom stereocenters. The maximum absolute atomic E-state index is 12.6. The third-order valence-corrected chi connectivity index (χ3v) is 5.78. The zero-order valence-corrected chi connectivity index (χ0v) is 18.2. The van der Waals surface area contributed by atoms with Gasteiger partial charge in [0.05, 0.1) is 4.92 Å². The minimum absolute atomic E-state index is 0.00849. The van der Waals surface area contributed by atoms with Crippen molar-refractivity contribution in [1.29, 1.82) is 0 Å². The zero-order valence-electron chi connectivity index (χ0n) is 18.2. The molecule has 2 heterocycles. The minimum atomic E-state index is -0.457. The number of benzene rings is 3. The van der Waals surface area contributed by atoms with E-state index in [1.807, 2.05) is 41.3 Å². The highest BCUT2D eigenvalue weighted by Gasteiger charge is 2.23. The Morgan fingerprint density at radius 3 is 2.56 bits per heavy atom. The lowest BCUT2D eigenvalue weighted by atomic mass is 10.1. The van der Waals surface area contributed by atoms with E-state index in [1.165, 1.54) is 18.2 Å². The topological polar surface area (TPSA) is 106 Å². The molecule has 1 aliphatic rings. The molecule has 1 aromatic heterocycles. The summed E-state index contributed by atoms with van der Waals surface area (Å²) in [4.78, 5) is 31.3. The van der Waals surface area contributed by atoms with Crippen molar-refractivity contribution in [2.45, 2.75) is 0 Å². The summed E-state index contributed by atoms with van der Waals surface area (Å²) in [6.07, 6.45) is 3.04. The van der Waals surface area contributed by atoms with Crippen molar-refractivity contribution in [1.82, 2.24) is 15.0 Å². The molecule has 5 rings (SSSR count). The molecule has 170 valence electrons. The number of fused-ring (bicyclic) bond motifs is 1. The lowest BCUT2D eigenvalue weighted by molar-refractivity contribution is -0.384. The Labute approximate surface area is 195 Å². The predicted molar refractivity (Wildman–Crippen MR) is 128 cm³/mol. The Morgan fingerprint density at radius 1 is 0.971 bits per heavy atom. The van der Waals surface area contributed by atoms with Gasteiger partial charge in [0.1, 0.15) is 0 Å². The molecule has 4 aromatic rings. The molecule has 0 saturated carbocycles. The number of nitro benzene ring substituents is 1. The first-order valence-corrected chi connectivity index (χ1v) is 10.9. The van der Waals surface area contributed by atoms with E-state index in [-0.39, 0.29) is 11.6 Å². The minimum Gasteiger partial charge on any atom is -0.336 e. The van der Waals surface area contributed by atoms with Gasteiger partial charge in [-0.15, -0.1) is 0 Å². The second-order valence-electron chi connectivity index (χ2n) is 7.96. The highest BCUT2D eigenvalue weighted by Crippen LogP contribution is 2.25. The number of aromatic nitrogens is 2. The van der Waals surface area contributed by atoms with Crippen LogP contribution in [0.1, 0.15) is 5.56 Å². The van der Waals surface area contributed by atoms with Crippen molar-refractivity contribution in [2.24, 2.45) is 0 Å². The van der Waals surface area contributed by atoms with Gasteiger partial charge in [-0.25, -0.2) is 0 Å². The Morgan fingerprint density at radius 2 is 1.76 bits per heavy atom. The fraction of sp³-hybridized carbons (Fsp3) is 0.160. The molecule has 0 unspecified atom stereocenters. The number of carbonyl (C=O) groups is 1. The normalized spacial score (nSPS) is 14.1. The summed E-state index contributed by atoms with van der Waals surface area (Å²) in [7, 11) is 0. The third-order valence-electron chi connectivity index (χ3n) is 5.78. The van der Waals surface area contributed by atoms with Crippen LogP contribution in [0.4, 0.5) is 11.7 Å². The van der Waals surface area contributed by atoms with Crippen molar-refractivity contribution in [3.8, 4) is 11.4 Å². The van der Waals surface area contributed by atoms with E-state index < -0.39 is 4.92 Å². The molecule has 0 N–H and O–H groups in total. The van der Waals surface area contributed by atoms with Crippen LogP contribution in [0.25, 0.3) is 28.2 Å². The second kappa shape index (κ2) is 9.14. The van der Waals surface area contributed by atoms with Crippen molar-refractivity contribution in [3.05, 3.63) is 88.5 Å². The molecule has 1 saturated heterocycles. The SMILES string of the molecule is O=C(/C=C/c1cccc([N+](=O)[O-])c1)N1CCN(c2nc(-c3ccc4ccccc4c3)no2)CC1. The first-order valence-electron chi connectivity index (χ1n) is 10.9. The predicted octanol–water partition coefficient (Wildman–Crippen LogP) is 4.16. The molecular formula is C25H21N5O4. The number of hydrogen-bond acceptors (Lipinski definition) is 7. The lowest BCUT2D eigenvalue weighted by Crippen LogP contribution is -2.48. The number of anilines is 1. The van der Waals surface area contributed by atoms with Gasteiger partial charge in [-0.2, -0.15) is 4.98 Å². The lowest BCUT2D eigenvalue weighted by Gasteiger charge is -2.32. The number of amides is 1. The molecule has 0 radical (unpaired) electrons. The van der Waals surface area contributed by atoms with Crippen LogP contribution >= 0.6 is 0 Å². The van der Waals surface area contributed by atoms with Crippen LogP contribution in [0.3, 0.4) is 0 Å². The van der Waals surface area contributed by atoms with Crippen molar-refractivity contribution < 1.29 is 14.2 Å². The molecule has 0 bridgehead atoms. The van der Waals surface area contributed by atoms with Crippen molar-refractivity contribution in [2.75, 3.05) is 31.1 Å². The van der Waals surface area contributed by atoms with E-state index in [2.05, 4.69) is 16.2 Å². The van der Waals surface area contributed by atoms with Crippen LogP contribution in [-0.2, 0) is 4.79 Å². The Hall–Kier alpha value is -4.53. The first-order chi connectivity index (χ1) is 16.6. The van der Waals surface area contributed by atoms with Gasteiger partial charge in [-0.3, -0.25) is 14.9 Å². The molecule has 9 heteroatoms. The molecule has 3 aromatic carbocycles. The summed E-state index contributed by atoms with van der Waals surface area (Å²) in [6.45, 7) is 2.14. The highest BCUT2D eigenvalue weighted by atomic mass is 16.6. The molecule has 1 aliphatic heterocycles. The van der Waals surface area contributed by atoms with Crippen molar-refractivity contribution in [3.63, 3.8) is 0 Å². The van der Waals surface area contributed by atoms with E-state index in [0.29, 0.717) is 43.6 Å². The van der Waals surface area contributed by atoms with Gasteiger partial charge in [-0.05, 0) is 28.5 Å². The van der Waals surface area contributed by atoms with Crippen molar-refractivity contribution >= 4 is 34.5 Å². The summed E-state index contributed by atoms with van der Waals surface area (Å²) < 4.78 is 5.49. The van der Waals surface area contributed by atoms with Crippen LogP contribution in [0.5, 0.6) is 0 Å². The molecule has 34 heavy (non-hydrogen) atoms. The van der Waals surface area contributed by atoms with E-state index in [9.17, 15) is 14.9 Å². The first kappa shape index (κ1) is 21.3. The summed E-state index contributed by atoms with van der Waals surface area (Å²) in [5.41, 5.74) is 1.48. The summed E-state index contributed by atoms with van der Waals surface area (Å²) >= 11 is 0. The highest BCUT2D eigenvalue weighted by molar-refractivity contribution is 5.92. The van der Waals surface area contributed by atoms with Gasteiger partial charge >= 0.3 is 6.01 Å². The van der Waals surface area contributed by atoms with Gasteiger partial charge in [0, 0.05) is 50.0 Å². The zero-order chi connectivity index (χ0) is 23.5. The van der Waals surface area contributed by atoms with E-state index >= 15 is 0 Å². The molecule has 1 fully saturated rings. The average molecular weight is 455 g/mol. The monoisotopic (exact) mass is 455 g/mol. The van der Waals surface area contributed by atoms with Crippen LogP contribution in [0, 0.1) is 10.1 Å². The number of nitrogens with zero attached hydrogens (tertiary/aromatic N) is 5. The molecule has 9 nitrogen and oxygen atoms in total. The van der Waals surface area contributed by atoms with Gasteiger partial charge in [0.25, 0.3) is 5.69 Å². The fourth-order valence-electron chi connectivity index (χ4n) is 3.92. The number of piperazine rings is 1. The average Bonchev–Trinajstić information content (AvgIpc) is 3.38. The quantitative estimate of drug-likeness (QED) is 0.253. The maximum Gasteiger partial charge on any atom is 0.324 e. The Balaban J connectivity index is 1.20. The Bertz CT molecular complexity index is 1390. The number of non-ortho nitro benzene ring substituents is 1. The second-order valence-corrected chi connectivity index (χ2v) is 7.96. The van der Waals surface area contributed by atoms with Crippen LogP contribution in [0.15, 0.2) is 77.3 Å². The van der Waals surface area contributed by atoms with Gasteiger partial charge in [-0.1, -0.05) is 53.7 Å². The number of carbonyl (C=O) groups excluding carboxylic acids is 1. The molecule has 0 spiro atoms. The number of rotatable bonds is 5. The largest absolute Gasteiger partial charge is 0.336 e. The molecular weight excluding hydrogens is 434 g/mol. The van der Waals surface area contributed by atoms with Crippen LogP contribution < -0.4 is 4.90 Å². The third kappa shape index (κ3) is 4.49. The summed E-state index contributed by atoms with van der Waals surface area (Å²) in [5, 5.41) is 17.3. The fourth-order valence-corrected chi connectivity index (χ4v) is 3.92. The number of hydrogen-bond donors (Lipinski definition) is 0. The van der Waals surface area contributed by atoms with Gasteiger partial charge in [0.15, 0.2) is 0 Å². The molecule has 0 aliphatic carbocycles. The van der Waals surface area contributed by atoms with Gasteiger partial charge < -0.3 is 14.3 Å². The standard InChI is InChI=1S/C25H21N5O4/c31-23(11-8-18-4-3-7-22(16-18)30(32)33)28-12-14-29(15-13-28)25-26-24(27-34-25)21-10-9-19-5-1-2-6-20(19)17-21/h1-11,16-17H,12-15H2/b11-8+. The summed E-state index contributed by atoms with van der Waals surface area (Å²) in [5.74, 6) is 0.382. The van der Waals surface area contributed by atoms with E-state index in [1.54, 1.807) is 23.1 Å². The van der Waals surface area contributed by atoms with Crippen LogP contribution in [0.2, 0.25) is 0 Å². The van der Waals surface area contributed by atoms with Crippen LogP contribution in [-0.4, -0.2) is 52.1 Å². The Kier molecular flexibility index (Phi) is 5.73. The molecule has 1 amide bonds. The maximum atomic E-state index is 12.6. The number of nitro groups is 1.